The second-order valence-electron chi connectivity index (χ2n) is 8.06. The van der Waals surface area contributed by atoms with Crippen molar-refractivity contribution in [1.82, 2.24) is 9.88 Å². The number of hydrogen-bond donors (Lipinski definition) is 3. The first-order valence-corrected chi connectivity index (χ1v) is 12.9. The topological polar surface area (TPSA) is 145 Å². The lowest BCUT2D eigenvalue weighted by molar-refractivity contribution is 0.128. The van der Waals surface area contributed by atoms with Crippen molar-refractivity contribution in [2.24, 2.45) is 16.8 Å². The van der Waals surface area contributed by atoms with E-state index in [1.54, 1.807) is 17.2 Å². The fourth-order valence-corrected chi connectivity index (χ4v) is 3.50. The fourth-order valence-electron chi connectivity index (χ4n) is 3.50. The Morgan fingerprint density at radius 2 is 1.87 bits per heavy atom. The van der Waals surface area contributed by atoms with E-state index in [1.807, 2.05) is 19.9 Å². The molecular formula is C27H41F2N7O3. The molecule has 39 heavy (non-hydrogen) atoms. The molecule has 2 aromatic rings. The monoisotopic (exact) mass is 549 g/mol. The molecule has 12 heteroatoms. The molecule has 0 aliphatic carbocycles. The quantitative estimate of drug-likeness (QED) is 0.149. The van der Waals surface area contributed by atoms with Crippen LogP contribution >= 0.6 is 0 Å². The number of carbonyl (C=O) groups is 1. The maximum Gasteiger partial charge on any atom is 0.409 e. The van der Waals surface area contributed by atoms with Gasteiger partial charge in [0.05, 0.1) is 18.4 Å². The molecule has 0 saturated heterocycles. The molecule has 0 fully saturated rings. The molecule has 0 saturated carbocycles. The van der Waals surface area contributed by atoms with Crippen LogP contribution in [0.4, 0.5) is 25.1 Å². The Hall–Kier alpha value is -3.77. The molecule has 1 aromatic carbocycles. The minimum Gasteiger partial charge on any atom is -0.453 e. The number of pyridine rings is 1. The molecule has 0 bridgehead atoms. The van der Waals surface area contributed by atoms with Crippen molar-refractivity contribution in [2.75, 3.05) is 44.2 Å². The largest absolute Gasteiger partial charge is 0.453 e. The van der Waals surface area contributed by atoms with Gasteiger partial charge in [-0.25, -0.2) is 24.4 Å². The van der Waals surface area contributed by atoms with Crippen LogP contribution < -0.4 is 22.4 Å². The van der Waals surface area contributed by atoms with Gasteiger partial charge in [0.15, 0.2) is 17.5 Å². The summed E-state index contributed by atoms with van der Waals surface area (Å²) in [5.74, 6) is 9.21. The number of nitrogens with two attached hydrogens (primary N) is 3. The summed E-state index contributed by atoms with van der Waals surface area (Å²) in [5, 5.41) is 4.43. The molecule has 0 unspecified atom stereocenters. The molecule has 0 atom stereocenters. The van der Waals surface area contributed by atoms with Gasteiger partial charge in [-0.3, -0.25) is 5.01 Å². The van der Waals surface area contributed by atoms with Gasteiger partial charge in [-0.1, -0.05) is 39.8 Å². The van der Waals surface area contributed by atoms with Crippen molar-refractivity contribution >= 4 is 29.0 Å². The number of halogens is 2. The van der Waals surface area contributed by atoms with Crippen LogP contribution in [0.15, 0.2) is 41.6 Å². The number of amides is 1. The minimum absolute atomic E-state index is 0.0582. The summed E-state index contributed by atoms with van der Waals surface area (Å²) in [6.45, 7) is 10.9. The number of ether oxygens (including phenoxy) is 2. The first kappa shape index (κ1) is 33.3. The number of amidine groups is 1. The van der Waals surface area contributed by atoms with Gasteiger partial charge in [-0.2, -0.15) is 5.10 Å². The van der Waals surface area contributed by atoms with Crippen LogP contribution in [0.2, 0.25) is 0 Å². The van der Waals surface area contributed by atoms with E-state index in [4.69, 9.17) is 26.9 Å². The molecule has 10 nitrogen and oxygen atoms in total. The number of anilines is 2. The highest BCUT2D eigenvalue weighted by Gasteiger charge is 2.23. The van der Waals surface area contributed by atoms with E-state index < -0.39 is 17.7 Å². The van der Waals surface area contributed by atoms with Crippen molar-refractivity contribution < 1.29 is 23.0 Å². The fraction of sp³-hybridized carbons (Fsp3) is 0.444. The normalized spacial score (nSPS) is 12.9. The molecule has 6 N–H and O–H groups in total. The molecule has 1 aliphatic rings. The number of hydrazine groups is 1. The number of aromatic nitrogens is 1. The second-order valence-corrected chi connectivity index (χ2v) is 8.06. The summed E-state index contributed by atoms with van der Waals surface area (Å²) in [6.07, 6.45) is 5.86. The van der Waals surface area contributed by atoms with Crippen molar-refractivity contribution in [3.63, 3.8) is 0 Å². The maximum atomic E-state index is 14.2. The molecule has 1 amide bonds. The maximum absolute atomic E-state index is 14.2. The Kier molecular flexibility index (Phi) is 15.1. The van der Waals surface area contributed by atoms with Crippen LogP contribution in [0.3, 0.4) is 0 Å². The Bertz CT molecular complexity index is 1110. The number of benzene rings is 1. The smallest absolute Gasteiger partial charge is 0.409 e. The average Bonchev–Trinajstić information content (AvgIpc) is 2.97. The number of nitrogens with zero attached hydrogens (tertiary/aromatic N) is 4. The lowest BCUT2D eigenvalue weighted by Gasteiger charge is -2.26. The van der Waals surface area contributed by atoms with E-state index in [9.17, 15) is 13.6 Å². The average molecular weight is 550 g/mol. The molecule has 1 aliphatic heterocycles. The number of hydrogen-bond acceptors (Lipinski definition) is 8. The molecule has 0 spiro atoms. The number of nitrogen functional groups attached to an aromatic ring is 1. The first-order valence-electron chi connectivity index (χ1n) is 12.9. The summed E-state index contributed by atoms with van der Waals surface area (Å²) < 4.78 is 37.6. The minimum atomic E-state index is -1.15. The highest BCUT2D eigenvalue weighted by molar-refractivity contribution is 6.12. The van der Waals surface area contributed by atoms with Gasteiger partial charge in [0.25, 0.3) is 0 Å². The zero-order valence-electron chi connectivity index (χ0n) is 23.4. The van der Waals surface area contributed by atoms with Crippen LogP contribution in [-0.2, 0) is 9.47 Å². The molecule has 1 aromatic heterocycles. The van der Waals surface area contributed by atoms with Gasteiger partial charge < -0.3 is 25.9 Å². The molecule has 216 valence electrons. The van der Waals surface area contributed by atoms with Crippen LogP contribution in [0, 0.1) is 11.6 Å². The van der Waals surface area contributed by atoms with Gasteiger partial charge in [-0.15, -0.1) is 0 Å². The summed E-state index contributed by atoms with van der Waals surface area (Å²) in [5.41, 5.74) is 7.58. The Balaban J connectivity index is 0.000000735. The summed E-state index contributed by atoms with van der Waals surface area (Å²) >= 11 is 0. The third kappa shape index (κ3) is 9.48. The lowest BCUT2D eigenvalue weighted by Crippen LogP contribution is -2.40. The van der Waals surface area contributed by atoms with E-state index in [1.165, 1.54) is 19.2 Å². The standard InChI is InChI=1S/C19H21F2N7O2.C6H14O.C2H6/c1-30-19(29)27-7-5-11(6-8-27)12-9-13(17(22)25-10-12)18(26-23)28(24)15-4-2-3-14(20)16(15)21;1-3-5-7-6-4-2;1-2/h2-5,9-10H,6-8,23-24H2,1H3,(H2,22,25);3-6H2,1-2H3;1-2H3/b26-18-;;. The Morgan fingerprint density at radius 3 is 2.41 bits per heavy atom. The zero-order chi connectivity index (χ0) is 29.4. The van der Waals surface area contributed by atoms with E-state index in [0.29, 0.717) is 25.1 Å². The van der Waals surface area contributed by atoms with Crippen molar-refractivity contribution in [3.05, 3.63) is 59.3 Å². The molecular weight excluding hydrogens is 508 g/mol. The third-order valence-corrected chi connectivity index (χ3v) is 5.41. The number of methoxy groups -OCH3 is 1. The van der Waals surface area contributed by atoms with Gasteiger partial charge in [-0.05, 0) is 48.6 Å². The highest BCUT2D eigenvalue weighted by atomic mass is 19.2. The molecule has 3 rings (SSSR count). The Labute approximate surface area is 229 Å². The first-order chi connectivity index (χ1) is 18.8. The zero-order valence-corrected chi connectivity index (χ0v) is 23.4. The van der Waals surface area contributed by atoms with Crippen LogP contribution in [-0.4, -0.2) is 55.2 Å². The Morgan fingerprint density at radius 1 is 1.21 bits per heavy atom. The number of carbonyl (C=O) groups excluding carboxylic acids is 1. The summed E-state index contributed by atoms with van der Waals surface area (Å²) in [4.78, 5) is 17.3. The van der Waals surface area contributed by atoms with Gasteiger partial charge >= 0.3 is 6.09 Å². The summed E-state index contributed by atoms with van der Waals surface area (Å²) in [6, 6.07) is 5.21. The van der Waals surface area contributed by atoms with Gasteiger partial charge in [0.2, 0.25) is 0 Å². The third-order valence-electron chi connectivity index (χ3n) is 5.41. The van der Waals surface area contributed by atoms with Gasteiger partial charge in [0.1, 0.15) is 5.82 Å². The predicted octanol–water partition coefficient (Wildman–Crippen LogP) is 4.65. The SMILES string of the molecule is CC.CCCOCCC.COC(=O)N1CC=C(c2cnc(N)c(/C(=N/N)N(N)c3cccc(F)c3F)c2)CC1. The second kappa shape index (κ2) is 17.7. The molecule has 2 heterocycles. The van der Waals surface area contributed by atoms with Gasteiger partial charge in [0, 0.05) is 32.5 Å². The van der Waals surface area contributed by atoms with Crippen molar-refractivity contribution in [1.29, 1.82) is 0 Å². The highest BCUT2D eigenvalue weighted by Crippen LogP contribution is 2.27. The number of rotatable bonds is 7. The van der Waals surface area contributed by atoms with E-state index in [0.717, 1.165) is 42.7 Å². The molecule has 0 radical (unpaired) electrons. The van der Waals surface area contributed by atoms with Crippen molar-refractivity contribution in [2.45, 2.75) is 47.0 Å². The van der Waals surface area contributed by atoms with E-state index >= 15 is 0 Å². The lowest BCUT2D eigenvalue weighted by atomic mass is 9.99. The predicted molar refractivity (Wildman–Crippen MR) is 152 cm³/mol. The van der Waals surface area contributed by atoms with Crippen LogP contribution in [0.5, 0.6) is 0 Å². The van der Waals surface area contributed by atoms with Crippen molar-refractivity contribution in [3.8, 4) is 0 Å². The summed E-state index contributed by atoms with van der Waals surface area (Å²) in [7, 11) is 1.32. The number of hydrazone groups is 1. The van der Waals surface area contributed by atoms with E-state index in [-0.39, 0.29) is 22.9 Å². The van der Waals surface area contributed by atoms with E-state index in [2.05, 4.69) is 23.9 Å². The van der Waals surface area contributed by atoms with Crippen LogP contribution in [0.1, 0.15) is 58.1 Å². The van der Waals surface area contributed by atoms with Crippen LogP contribution in [0.25, 0.3) is 5.57 Å².